The minimum absolute atomic E-state index is 0.0563. The van der Waals surface area contributed by atoms with Gasteiger partial charge in [-0.3, -0.25) is 14.7 Å². The van der Waals surface area contributed by atoms with E-state index in [2.05, 4.69) is 25.4 Å². The molecule has 0 radical (unpaired) electrons. The van der Waals surface area contributed by atoms with Crippen LogP contribution in [0.2, 0.25) is 0 Å². The third-order valence-corrected chi connectivity index (χ3v) is 5.45. The number of carbonyl (C=O) groups is 2. The van der Waals surface area contributed by atoms with E-state index in [0.717, 1.165) is 64.5 Å². The molecular weight excluding hydrogens is 384 g/mol. The summed E-state index contributed by atoms with van der Waals surface area (Å²) in [6.07, 6.45) is 2.64. The molecule has 172 valence electrons. The lowest BCUT2D eigenvalue weighted by atomic mass is 10.2. The van der Waals surface area contributed by atoms with Crippen LogP contribution in [-0.2, 0) is 9.53 Å². The van der Waals surface area contributed by atoms with Crippen LogP contribution in [0, 0.1) is 0 Å². The van der Waals surface area contributed by atoms with E-state index in [4.69, 9.17) is 4.74 Å². The van der Waals surface area contributed by atoms with Gasteiger partial charge < -0.3 is 25.2 Å². The van der Waals surface area contributed by atoms with Crippen LogP contribution >= 0.6 is 0 Å². The minimum atomic E-state index is -0.483. The zero-order valence-corrected chi connectivity index (χ0v) is 19.4. The first-order valence-electron chi connectivity index (χ1n) is 11.2. The van der Waals surface area contributed by atoms with Gasteiger partial charge in [-0.05, 0) is 47.0 Å². The van der Waals surface area contributed by atoms with Crippen LogP contribution < -0.4 is 10.6 Å². The van der Waals surface area contributed by atoms with E-state index in [9.17, 15) is 9.59 Å². The molecule has 2 aliphatic rings. The van der Waals surface area contributed by atoms with E-state index in [1.165, 1.54) is 0 Å². The highest BCUT2D eigenvalue weighted by Crippen LogP contribution is 2.14. The average Bonchev–Trinajstić information content (AvgIpc) is 3.23. The summed E-state index contributed by atoms with van der Waals surface area (Å²) in [7, 11) is 1.78. The van der Waals surface area contributed by atoms with Crippen LogP contribution in [-0.4, -0.2) is 104 Å². The van der Waals surface area contributed by atoms with Gasteiger partial charge in [-0.25, -0.2) is 4.79 Å². The molecule has 2 aliphatic heterocycles. The number of carbonyl (C=O) groups excluding carboxylic acids is 2. The van der Waals surface area contributed by atoms with Gasteiger partial charge in [0, 0.05) is 59.4 Å². The second kappa shape index (κ2) is 11.4. The highest BCUT2D eigenvalue weighted by Gasteiger charge is 2.30. The lowest BCUT2D eigenvalue weighted by Crippen LogP contribution is -2.57. The Kier molecular flexibility index (Phi) is 9.20. The summed E-state index contributed by atoms with van der Waals surface area (Å²) >= 11 is 0. The van der Waals surface area contributed by atoms with Crippen molar-refractivity contribution in [2.45, 2.75) is 58.6 Å². The van der Waals surface area contributed by atoms with Crippen molar-refractivity contribution in [1.29, 1.82) is 0 Å². The van der Waals surface area contributed by atoms with Crippen molar-refractivity contribution in [3.63, 3.8) is 0 Å². The van der Waals surface area contributed by atoms with Gasteiger partial charge in [0.25, 0.3) is 0 Å². The number of piperazine rings is 1. The third-order valence-electron chi connectivity index (χ3n) is 5.45. The number of rotatable bonds is 6. The van der Waals surface area contributed by atoms with Gasteiger partial charge in [0.2, 0.25) is 5.91 Å². The fourth-order valence-corrected chi connectivity index (χ4v) is 3.80. The minimum Gasteiger partial charge on any atom is -0.444 e. The maximum absolute atomic E-state index is 12.6. The van der Waals surface area contributed by atoms with Crippen molar-refractivity contribution in [2.24, 2.45) is 4.99 Å². The molecule has 0 spiro atoms. The molecule has 1 unspecified atom stereocenters. The van der Waals surface area contributed by atoms with E-state index >= 15 is 0 Å². The molecule has 0 bridgehead atoms. The van der Waals surface area contributed by atoms with Crippen LogP contribution in [0.4, 0.5) is 4.79 Å². The van der Waals surface area contributed by atoms with E-state index in [-0.39, 0.29) is 18.0 Å². The van der Waals surface area contributed by atoms with Crippen molar-refractivity contribution in [3.05, 3.63) is 0 Å². The maximum atomic E-state index is 12.6. The first kappa shape index (κ1) is 24.2. The second-order valence-corrected chi connectivity index (χ2v) is 8.99. The molecule has 0 aromatic carbocycles. The molecule has 0 aromatic rings. The first-order chi connectivity index (χ1) is 14.2. The quantitative estimate of drug-likeness (QED) is 0.377. The lowest BCUT2D eigenvalue weighted by Gasteiger charge is -2.39. The van der Waals surface area contributed by atoms with E-state index in [1.807, 2.05) is 32.6 Å². The van der Waals surface area contributed by atoms with Crippen LogP contribution in [0.15, 0.2) is 4.99 Å². The monoisotopic (exact) mass is 424 g/mol. The normalized spacial score (nSPS) is 19.6. The molecule has 1 atom stereocenters. The van der Waals surface area contributed by atoms with Gasteiger partial charge in [-0.15, -0.1) is 0 Å². The summed E-state index contributed by atoms with van der Waals surface area (Å²) in [5, 5.41) is 6.13. The summed E-state index contributed by atoms with van der Waals surface area (Å²) in [5.41, 5.74) is -0.483. The predicted molar refractivity (Wildman–Crippen MR) is 119 cm³/mol. The fourth-order valence-electron chi connectivity index (χ4n) is 3.80. The zero-order chi connectivity index (χ0) is 22.1. The Morgan fingerprint density at radius 1 is 0.967 bits per heavy atom. The second-order valence-electron chi connectivity index (χ2n) is 8.99. The number of guanidine groups is 1. The SMILES string of the molecule is CN=C(NCCCNC(=O)OC(C)(C)C)N1CCN(C(C)C(=O)N2CCCC2)CC1. The van der Waals surface area contributed by atoms with Crippen LogP contribution in [0.25, 0.3) is 0 Å². The van der Waals surface area contributed by atoms with Crippen LogP contribution in [0.3, 0.4) is 0 Å². The van der Waals surface area contributed by atoms with Gasteiger partial charge in [0.05, 0.1) is 6.04 Å². The largest absolute Gasteiger partial charge is 0.444 e. The van der Waals surface area contributed by atoms with Gasteiger partial charge >= 0.3 is 6.09 Å². The highest BCUT2D eigenvalue weighted by molar-refractivity contribution is 5.82. The van der Waals surface area contributed by atoms with E-state index in [1.54, 1.807) is 7.05 Å². The molecule has 2 rings (SSSR count). The Hall–Kier alpha value is -2.03. The van der Waals surface area contributed by atoms with Crippen molar-refractivity contribution < 1.29 is 14.3 Å². The first-order valence-corrected chi connectivity index (χ1v) is 11.2. The van der Waals surface area contributed by atoms with Crippen molar-refractivity contribution in [2.75, 3.05) is 59.4 Å². The Bertz CT molecular complexity index is 590. The number of nitrogens with one attached hydrogen (secondary N) is 2. The standard InChI is InChI=1S/C21H40N6O3/c1-17(18(28)26-11-6-7-12-26)25-13-15-27(16-14-25)19(22-5)23-9-8-10-24-20(29)30-21(2,3)4/h17H,6-16H2,1-5H3,(H,22,23)(H,24,29). The number of aliphatic imine (C=N–C) groups is 1. The molecule has 30 heavy (non-hydrogen) atoms. The predicted octanol–water partition coefficient (Wildman–Crippen LogP) is 1.11. The Balaban J connectivity index is 1.66. The Morgan fingerprint density at radius 3 is 2.13 bits per heavy atom. The Labute approximate surface area is 181 Å². The number of hydrogen-bond donors (Lipinski definition) is 2. The van der Waals surface area contributed by atoms with Gasteiger partial charge in [-0.1, -0.05) is 0 Å². The summed E-state index contributed by atoms with van der Waals surface area (Å²) < 4.78 is 5.23. The van der Waals surface area contributed by atoms with Crippen LogP contribution in [0.5, 0.6) is 0 Å². The van der Waals surface area contributed by atoms with E-state index < -0.39 is 5.60 Å². The molecule has 2 N–H and O–H groups in total. The number of alkyl carbamates (subject to hydrolysis) is 1. The number of ether oxygens (including phenoxy) is 1. The fraction of sp³-hybridized carbons (Fsp3) is 0.857. The average molecular weight is 425 g/mol. The third kappa shape index (κ3) is 7.66. The van der Waals surface area contributed by atoms with Gasteiger partial charge in [-0.2, -0.15) is 0 Å². The number of nitrogens with zero attached hydrogens (tertiary/aromatic N) is 4. The molecule has 2 fully saturated rings. The summed E-state index contributed by atoms with van der Waals surface area (Å²) in [5.74, 6) is 1.13. The van der Waals surface area contributed by atoms with E-state index in [0.29, 0.717) is 13.1 Å². The molecule has 2 amide bonds. The Morgan fingerprint density at radius 2 is 1.57 bits per heavy atom. The lowest BCUT2D eigenvalue weighted by molar-refractivity contribution is -0.135. The molecular formula is C21H40N6O3. The van der Waals surface area contributed by atoms with Gasteiger partial charge in [0.15, 0.2) is 5.96 Å². The summed E-state index contributed by atoms with van der Waals surface area (Å²) in [6.45, 7) is 14.0. The number of amides is 2. The van der Waals surface area contributed by atoms with Crippen molar-refractivity contribution >= 4 is 18.0 Å². The highest BCUT2D eigenvalue weighted by atomic mass is 16.6. The molecule has 2 saturated heterocycles. The molecule has 0 saturated carbocycles. The van der Waals surface area contributed by atoms with Gasteiger partial charge in [0.1, 0.15) is 5.60 Å². The van der Waals surface area contributed by atoms with Crippen molar-refractivity contribution in [1.82, 2.24) is 25.3 Å². The number of hydrogen-bond acceptors (Lipinski definition) is 5. The molecule has 0 aliphatic carbocycles. The number of likely N-dealkylation sites (tertiary alicyclic amines) is 1. The molecule has 0 aromatic heterocycles. The zero-order valence-electron chi connectivity index (χ0n) is 19.4. The summed E-state index contributed by atoms with van der Waals surface area (Å²) in [4.78, 5) is 35.2. The maximum Gasteiger partial charge on any atom is 0.407 e. The smallest absolute Gasteiger partial charge is 0.407 e. The molecule has 2 heterocycles. The topological polar surface area (TPSA) is 89.5 Å². The van der Waals surface area contributed by atoms with Crippen molar-refractivity contribution in [3.8, 4) is 0 Å². The van der Waals surface area contributed by atoms with Crippen LogP contribution in [0.1, 0.15) is 47.0 Å². The summed E-state index contributed by atoms with van der Waals surface area (Å²) in [6, 6.07) is -0.0563. The molecule has 9 heteroatoms. The molecule has 9 nitrogen and oxygen atoms in total.